The van der Waals surface area contributed by atoms with E-state index in [1.54, 1.807) is 12.1 Å². The van der Waals surface area contributed by atoms with Crippen LogP contribution < -0.4 is 5.32 Å². The van der Waals surface area contributed by atoms with Crippen molar-refractivity contribution in [3.63, 3.8) is 0 Å². The Morgan fingerprint density at radius 1 is 1.17 bits per heavy atom. The van der Waals surface area contributed by atoms with E-state index in [1.165, 1.54) is 0 Å². The van der Waals surface area contributed by atoms with Gasteiger partial charge in [-0.25, -0.2) is 8.42 Å². The van der Waals surface area contributed by atoms with Crippen LogP contribution in [-0.2, 0) is 16.3 Å². The van der Waals surface area contributed by atoms with Crippen molar-refractivity contribution in [2.45, 2.75) is 23.6 Å². The Balaban J connectivity index is 1.95. The summed E-state index contributed by atoms with van der Waals surface area (Å²) in [6, 6.07) is 13.1. The molecule has 6 heteroatoms. The first kappa shape index (κ1) is 15.9. The van der Waals surface area contributed by atoms with Gasteiger partial charge in [-0.15, -0.1) is 0 Å². The quantitative estimate of drug-likeness (QED) is 0.681. The van der Waals surface area contributed by atoms with Crippen molar-refractivity contribution in [1.29, 1.82) is 0 Å². The average Bonchev–Trinajstić information content (AvgIpc) is 2.93. The molecule has 0 spiro atoms. The van der Waals surface area contributed by atoms with Gasteiger partial charge in [-0.05, 0) is 36.8 Å². The summed E-state index contributed by atoms with van der Waals surface area (Å²) in [5.74, 6) is 0. The number of fused-ring (bicyclic) bond motifs is 3. The van der Waals surface area contributed by atoms with Crippen LogP contribution in [0.25, 0.3) is 10.9 Å². The largest absolute Gasteiger partial charge is 0.358 e. The van der Waals surface area contributed by atoms with E-state index in [4.69, 9.17) is 0 Å². The highest BCUT2D eigenvalue weighted by molar-refractivity contribution is 9.10. The lowest BCUT2D eigenvalue weighted by atomic mass is 10.1. The number of halogens is 1. The lowest BCUT2D eigenvalue weighted by Gasteiger charge is -2.25. The highest BCUT2D eigenvalue weighted by Gasteiger charge is 2.36. The lowest BCUT2D eigenvalue weighted by Crippen LogP contribution is -2.35. The van der Waals surface area contributed by atoms with E-state index in [2.05, 4.69) is 26.2 Å². The predicted octanol–water partition coefficient (Wildman–Crippen LogP) is 3.86. The molecule has 4 nitrogen and oxygen atoms in total. The zero-order valence-corrected chi connectivity index (χ0v) is 15.5. The first-order chi connectivity index (χ1) is 11.5. The van der Waals surface area contributed by atoms with Gasteiger partial charge in [-0.3, -0.25) is 5.32 Å². The molecule has 1 aromatic heterocycles. The number of sulfone groups is 1. The molecule has 1 unspecified atom stereocenters. The van der Waals surface area contributed by atoms with E-state index in [0.29, 0.717) is 11.4 Å². The van der Waals surface area contributed by atoms with Crippen molar-refractivity contribution in [3.8, 4) is 0 Å². The SMILES string of the molecule is Cc1ccccc1S(=O)(=O)C1NCCc2[nH]c3ccc(Br)cc3c21. The van der Waals surface area contributed by atoms with Crippen molar-refractivity contribution >= 4 is 36.7 Å². The van der Waals surface area contributed by atoms with Gasteiger partial charge in [0, 0.05) is 39.6 Å². The molecular weight excluding hydrogens is 388 g/mol. The number of rotatable bonds is 2. The number of aromatic amines is 1. The van der Waals surface area contributed by atoms with Crippen molar-refractivity contribution in [3.05, 3.63) is 63.8 Å². The van der Waals surface area contributed by atoms with Gasteiger partial charge < -0.3 is 4.98 Å². The summed E-state index contributed by atoms with van der Waals surface area (Å²) < 4.78 is 27.6. The maximum Gasteiger partial charge on any atom is 0.198 e. The number of aromatic nitrogens is 1. The van der Waals surface area contributed by atoms with Crippen LogP contribution >= 0.6 is 15.9 Å². The summed E-state index contributed by atoms with van der Waals surface area (Å²) in [5.41, 5.74) is 3.59. The number of benzene rings is 2. The van der Waals surface area contributed by atoms with Gasteiger partial charge in [0.2, 0.25) is 0 Å². The van der Waals surface area contributed by atoms with Gasteiger partial charge in [-0.1, -0.05) is 34.1 Å². The zero-order chi connectivity index (χ0) is 16.9. The summed E-state index contributed by atoms with van der Waals surface area (Å²) in [6.45, 7) is 2.47. The Labute approximate surface area is 149 Å². The van der Waals surface area contributed by atoms with Crippen molar-refractivity contribution < 1.29 is 8.42 Å². The molecule has 3 aromatic rings. The van der Waals surface area contributed by atoms with Crippen LogP contribution in [0.5, 0.6) is 0 Å². The third-order valence-electron chi connectivity index (χ3n) is 4.56. The molecule has 24 heavy (non-hydrogen) atoms. The third kappa shape index (κ3) is 2.41. The fourth-order valence-electron chi connectivity index (χ4n) is 3.44. The Kier molecular flexibility index (Phi) is 3.78. The molecule has 0 saturated heterocycles. The maximum atomic E-state index is 13.3. The second-order valence-corrected chi connectivity index (χ2v) is 9.02. The van der Waals surface area contributed by atoms with Gasteiger partial charge >= 0.3 is 0 Å². The minimum absolute atomic E-state index is 0.389. The number of hydrogen-bond acceptors (Lipinski definition) is 3. The fraction of sp³-hybridized carbons (Fsp3) is 0.222. The summed E-state index contributed by atoms with van der Waals surface area (Å²) in [6.07, 6.45) is 0.793. The molecule has 124 valence electrons. The van der Waals surface area contributed by atoms with Gasteiger partial charge in [-0.2, -0.15) is 0 Å². The molecule has 2 heterocycles. The molecule has 0 radical (unpaired) electrons. The molecule has 0 amide bonds. The van der Waals surface area contributed by atoms with Crippen LogP contribution in [0, 0.1) is 6.92 Å². The van der Waals surface area contributed by atoms with E-state index in [9.17, 15) is 8.42 Å². The zero-order valence-electron chi connectivity index (χ0n) is 13.1. The Morgan fingerprint density at radius 2 is 1.96 bits per heavy atom. The molecule has 1 aliphatic rings. The minimum Gasteiger partial charge on any atom is -0.358 e. The highest BCUT2D eigenvalue weighted by atomic mass is 79.9. The Hall–Kier alpha value is -1.63. The van der Waals surface area contributed by atoms with E-state index < -0.39 is 15.2 Å². The smallest absolute Gasteiger partial charge is 0.198 e. The second-order valence-electron chi connectivity index (χ2n) is 6.10. The van der Waals surface area contributed by atoms with Gasteiger partial charge in [0.05, 0.1) is 4.90 Å². The highest BCUT2D eigenvalue weighted by Crippen LogP contribution is 2.38. The van der Waals surface area contributed by atoms with Gasteiger partial charge in [0.25, 0.3) is 0 Å². The van der Waals surface area contributed by atoms with Crippen LogP contribution in [0.15, 0.2) is 51.8 Å². The summed E-state index contributed by atoms with van der Waals surface area (Å²) in [4.78, 5) is 3.77. The van der Waals surface area contributed by atoms with E-state index in [-0.39, 0.29) is 0 Å². The van der Waals surface area contributed by atoms with Crippen LogP contribution in [0.2, 0.25) is 0 Å². The molecule has 0 saturated carbocycles. The average molecular weight is 405 g/mol. The number of aryl methyl sites for hydroxylation is 1. The Morgan fingerprint density at radius 3 is 2.75 bits per heavy atom. The van der Waals surface area contributed by atoms with Crippen molar-refractivity contribution in [2.75, 3.05) is 6.54 Å². The molecule has 1 aliphatic heterocycles. The monoisotopic (exact) mass is 404 g/mol. The lowest BCUT2D eigenvalue weighted by molar-refractivity contribution is 0.541. The predicted molar refractivity (Wildman–Crippen MR) is 98.8 cm³/mol. The number of nitrogens with one attached hydrogen (secondary N) is 2. The van der Waals surface area contributed by atoms with Crippen molar-refractivity contribution in [1.82, 2.24) is 10.3 Å². The normalized spacial score (nSPS) is 17.8. The first-order valence-electron chi connectivity index (χ1n) is 7.81. The van der Waals surface area contributed by atoms with Crippen LogP contribution in [0.1, 0.15) is 22.2 Å². The van der Waals surface area contributed by atoms with Crippen LogP contribution in [0.4, 0.5) is 0 Å². The minimum atomic E-state index is -3.53. The van der Waals surface area contributed by atoms with Crippen LogP contribution in [-0.4, -0.2) is 19.9 Å². The Bertz CT molecular complexity index is 1040. The molecule has 2 aromatic carbocycles. The van der Waals surface area contributed by atoms with E-state index in [1.807, 2.05) is 37.3 Å². The standard InChI is InChI=1S/C18H17BrN2O2S/c1-11-4-2-3-5-16(11)24(22,23)18-17-13-10-12(19)6-7-14(13)21-15(17)8-9-20-18/h2-7,10,18,20-21H,8-9H2,1H3. The van der Waals surface area contributed by atoms with Crippen LogP contribution in [0.3, 0.4) is 0 Å². The molecule has 4 rings (SSSR count). The van der Waals surface area contributed by atoms with Gasteiger partial charge in [0.1, 0.15) is 5.37 Å². The van der Waals surface area contributed by atoms with E-state index in [0.717, 1.165) is 38.6 Å². The first-order valence-corrected chi connectivity index (χ1v) is 10.2. The van der Waals surface area contributed by atoms with Crippen molar-refractivity contribution in [2.24, 2.45) is 0 Å². The number of H-pyrrole nitrogens is 1. The third-order valence-corrected chi connectivity index (χ3v) is 7.15. The fourth-order valence-corrected chi connectivity index (χ4v) is 5.75. The van der Waals surface area contributed by atoms with Gasteiger partial charge in [0.15, 0.2) is 9.84 Å². The molecule has 0 fully saturated rings. The summed E-state index contributed by atoms with van der Waals surface area (Å²) in [5, 5.41) is 3.44. The number of hydrogen-bond donors (Lipinski definition) is 2. The molecule has 0 aliphatic carbocycles. The second kappa shape index (κ2) is 5.72. The molecule has 0 bridgehead atoms. The molecule has 2 N–H and O–H groups in total. The summed E-state index contributed by atoms with van der Waals surface area (Å²) >= 11 is 3.49. The topological polar surface area (TPSA) is 62.0 Å². The summed E-state index contributed by atoms with van der Waals surface area (Å²) in [7, 11) is -3.53. The van der Waals surface area contributed by atoms with E-state index >= 15 is 0 Å². The molecular formula is C18H17BrN2O2S. The maximum absolute atomic E-state index is 13.3. The molecule has 1 atom stereocenters.